The standard InChI is InChI=1S/C11H19N3S/c1-9(11-5-6-12-14(11)2)13-10-4-3-7-15-8-10/h5-6,9-10,13H,3-4,7-8H2,1-2H3. The highest BCUT2D eigenvalue weighted by atomic mass is 32.2. The average molecular weight is 225 g/mol. The van der Waals surface area contributed by atoms with Crippen molar-refractivity contribution < 1.29 is 0 Å². The third-order valence-electron chi connectivity index (χ3n) is 2.95. The van der Waals surface area contributed by atoms with E-state index in [4.69, 9.17) is 0 Å². The molecule has 3 nitrogen and oxygen atoms in total. The van der Waals surface area contributed by atoms with Crippen LogP contribution in [-0.4, -0.2) is 27.3 Å². The summed E-state index contributed by atoms with van der Waals surface area (Å²) in [6.07, 6.45) is 4.53. The molecule has 0 aliphatic carbocycles. The van der Waals surface area contributed by atoms with Gasteiger partial charge in [-0.05, 0) is 31.6 Å². The van der Waals surface area contributed by atoms with Gasteiger partial charge in [0.05, 0.1) is 5.69 Å². The van der Waals surface area contributed by atoms with Crippen molar-refractivity contribution in [3.63, 3.8) is 0 Å². The lowest BCUT2D eigenvalue weighted by molar-refractivity contribution is 0.436. The second-order valence-electron chi connectivity index (χ2n) is 4.18. The molecular formula is C11H19N3S. The summed E-state index contributed by atoms with van der Waals surface area (Å²) >= 11 is 2.06. The number of aromatic nitrogens is 2. The van der Waals surface area contributed by atoms with Crippen molar-refractivity contribution in [3.05, 3.63) is 18.0 Å². The fraction of sp³-hybridized carbons (Fsp3) is 0.727. The van der Waals surface area contributed by atoms with E-state index < -0.39 is 0 Å². The Morgan fingerprint density at radius 2 is 2.53 bits per heavy atom. The van der Waals surface area contributed by atoms with E-state index >= 15 is 0 Å². The Hall–Kier alpha value is -0.480. The molecule has 0 spiro atoms. The van der Waals surface area contributed by atoms with Crippen LogP contribution in [0, 0.1) is 0 Å². The van der Waals surface area contributed by atoms with Crippen LogP contribution in [0.2, 0.25) is 0 Å². The Morgan fingerprint density at radius 1 is 1.67 bits per heavy atom. The van der Waals surface area contributed by atoms with E-state index in [2.05, 4.69) is 35.2 Å². The first kappa shape index (κ1) is 11.0. The van der Waals surface area contributed by atoms with Crippen LogP contribution in [0.3, 0.4) is 0 Å². The van der Waals surface area contributed by atoms with Gasteiger partial charge in [0.15, 0.2) is 0 Å². The SMILES string of the molecule is CC(NC1CCCSC1)c1ccnn1C. The molecule has 2 heterocycles. The smallest absolute Gasteiger partial charge is 0.0547 e. The van der Waals surface area contributed by atoms with Crippen LogP contribution in [0.15, 0.2) is 12.3 Å². The zero-order valence-corrected chi connectivity index (χ0v) is 10.3. The van der Waals surface area contributed by atoms with Crippen LogP contribution in [0.25, 0.3) is 0 Å². The van der Waals surface area contributed by atoms with Gasteiger partial charge < -0.3 is 5.32 Å². The van der Waals surface area contributed by atoms with E-state index in [0.29, 0.717) is 12.1 Å². The summed E-state index contributed by atoms with van der Waals surface area (Å²) < 4.78 is 1.95. The summed E-state index contributed by atoms with van der Waals surface area (Å²) in [5.74, 6) is 2.58. The largest absolute Gasteiger partial charge is 0.305 e. The van der Waals surface area contributed by atoms with Gasteiger partial charge in [0.1, 0.15) is 0 Å². The fourth-order valence-corrected chi connectivity index (χ4v) is 3.20. The lowest BCUT2D eigenvalue weighted by Gasteiger charge is -2.26. The van der Waals surface area contributed by atoms with Crippen molar-refractivity contribution in [2.24, 2.45) is 7.05 Å². The molecule has 84 valence electrons. The number of aryl methyl sites for hydroxylation is 1. The number of thioether (sulfide) groups is 1. The topological polar surface area (TPSA) is 29.9 Å². The Labute approximate surface area is 95.6 Å². The number of rotatable bonds is 3. The molecular weight excluding hydrogens is 206 g/mol. The van der Waals surface area contributed by atoms with Crippen molar-refractivity contribution in [3.8, 4) is 0 Å². The maximum Gasteiger partial charge on any atom is 0.0547 e. The number of nitrogens with one attached hydrogen (secondary N) is 1. The predicted molar refractivity (Wildman–Crippen MR) is 65.1 cm³/mol. The van der Waals surface area contributed by atoms with Gasteiger partial charge in [-0.1, -0.05) is 0 Å². The summed E-state index contributed by atoms with van der Waals surface area (Å²) in [6, 6.07) is 3.17. The minimum atomic E-state index is 0.404. The van der Waals surface area contributed by atoms with Gasteiger partial charge in [-0.3, -0.25) is 4.68 Å². The molecule has 1 aliphatic heterocycles. The van der Waals surface area contributed by atoms with Gasteiger partial charge in [-0.2, -0.15) is 16.9 Å². The second-order valence-corrected chi connectivity index (χ2v) is 5.33. The van der Waals surface area contributed by atoms with Crippen LogP contribution in [0.5, 0.6) is 0 Å². The third-order valence-corrected chi connectivity index (χ3v) is 4.16. The Morgan fingerprint density at radius 3 is 3.13 bits per heavy atom. The van der Waals surface area contributed by atoms with Gasteiger partial charge in [0.2, 0.25) is 0 Å². The van der Waals surface area contributed by atoms with Crippen molar-refractivity contribution in [2.75, 3.05) is 11.5 Å². The number of nitrogens with zero attached hydrogens (tertiary/aromatic N) is 2. The van der Waals surface area contributed by atoms with Crippen molar-refractivity contribution in [1.82, 2.24) is 15.1 Å². The molecule has 1 aromatic heterocycles. The normalized spacial score (nSPS) is 24.0. The highest BCUT2D eigenvalue weighted by Crippen LogP contribution is 2.20. The molecule has 4 heteroatoms. The molecule has 0 saturated carbocycles. The quantitative estimate of drug-likeness (QED) is 0.853. The molecule has 0 amide bonds. The van der Waals surface area contributed by atoms with Crippen LogP contribution in [0.4, 0.5) is 0 Å². The molecule has 1 saturated heterocycles. The maximum atomic E-state index is 4.20. The molecule has 1 aliphatic rings. The Bertz CT molecular complexity index is 305. The molecule has 0 radical (unpaired) electrons. The summed E-state index contributed by atoms with van der Waals surface area (Å²) in [6.45, 7) is 2.22. The Kier molecular flexibility index (Phi) is 3.70. The zero-order chi connectivity index (χ0) is 10.7. The van der Waals surface area contributed by atoms with Crippen LogP contribution in [-0.2, 0) is 7.05 Å². The number of hydrogen-bond donors (Lipinski definition) is 1. The molecule has 2 atom stereocenters. The van der Waals surface area contributed by atoms with Gasteiger partial charge >= 0.3 is 0 Å². The first-order valence-corrected chi connectivity index (χ1v) is 6.74. The van der Waals surface area contributed by atoms with E-state index in [1.807, 2.05) is 17.9 Å². The molecule has 2 unspecified atom stereocenters. The minimum Gasteiger partial charge on any atom is -0.305 e. The van der Waals surface area contributed by atoms with E-state index in [1.54, 1.807) is 0 Å². The fourth-order valence-electron chi connectivity index (χ4n) is 2.12. The number of hydrogen-bond acceptors (Lipinski definition) is 3. The monoisotopic (exact) mass is 225 g/mol. The van der Waals surface area contributed by atoms with Gasteiger partial charge in [0.25, 0.3) is 0 Å². The van der Waals surface area contributed by atoms with Crippen LogP contribution < -0.4 is 5.32 Å². The zero-order valence-electron chi connectivity index (χ0n) is 9.44. The van der Waals surface area contributed by atoms with E-state index in [1.165, 1.54) is 30.0 Å². The molecule has 1 aromatic rings. The predicted octanol–water partition coefficient (Wildman–Crippen LogP) is 1.97. The first-order valence-electron chi connectivity index (χ1n) is 5.59. The highest BCUT2D eigenvalue weighted by Gasteiger charge is 2.17. The van der Waals surface area contributed by atoms with Gasteiger partial charge in [-0.15, -0.1) is 0 Å². The Balaban J connectivity index is 1.91. The average Bonchev–Trinajstić information content (AvgIpc) is 2.66. The lowest BCUT2D eigenvalue weighted by atomic mass is 10.1. The van der Waals surface area contributed by atoms with Crippen molar-refractivity contribution >= 4 is 11.8 Å². The molecule has 0 bridgehead atoms. The van der Waals surface area contributed by atoms with E-state index in [0.717, 1.165) is 0 Å². The summed E-state index contributed by atoms with van der Waals surface area (Å²) in [5, 5.41) is 7.88. The molecule has 1 fully saturated rings. The highest BCUT2D eigenvalue weighted by molar-refractivity contribution is 7.99. The van der Waals surface area contributed by atoms with E-state index in [9.17, 15) is 0 Å². The minimum absolute atomic E-state index is 0.404. The summed E-state index contributed by atoms with van der Waals surface area (Å²) in [7, 11) is 2.00. The van der Waals surface area contributed by atoms with Crippen molar-refractivity contribution in [1.29, 1.82) is 0 Å². The second kappa shape index (κ2) is 5.03. The van der Waals surface area contributed by atoms with Gasteiger partial charge in [0, 0.05) is 31.1 Å². The molecule has 0 aromatic carbocycles. The van der Waals surface area contributed by atoms with Crippen molar-refractivity contribution in [2.45, 2.75) is 31.8 Å². The van der Waals surface area contributed by atoms with Gasteiger partial charge in [-0.25, -0.2) is 0 Å². The lowest BCUT2D eigenvalue weighted by Crippen LogP contribution is -2.36. The molecule has 1 N–H and O–H groups in total. The first-order chi connectivity index (χ1) is 7.27. The summed E-state index contributed by atoms with van der Waals surface area (Å²) in [5.41, 5.74) is 1.27. The summed E-state index contributed by atoms with van der Waals surface area (Å²) in [4.78, 5) is 0. The van der Waals surface area contributed by atoms with Crippen LogP contribution in [0.1, 0.15) is 31.5 Å². The van der Waals surface area contributed by atoms with Crippen LogP contribution >= 0.6 is 11.8 Å². The maximum absolute atomic E-state index is 4.20. The third kappa shape index (κ3) is 2.75. The van der Waals surface area contributed by atoms with E-state index in [-0.39, 0.29) is 0 Å². The molecule has 15 heavy (non-hydrogen) atoms. The molecule has 2 rings (SSSR count).